The molecule has 0 aromatic carbocycles. The van der Waals surface area contributed by atoms with Crippen molar-refractivity contribution >= 4 is 17.7 Å². The summed E-state index contributed by atoms with van der Waals surface area (Å²) in [6, 6.07) is 0. The third-order valence-electron chi connectivity index (χ3n) is 2.60. The number of hydrogen-bond acceptors (Lipinski definition) is 5. The van der Waals surface area contributed by atoms with Crippen molar-refractivity contribution in [3.05, 3.63) is 0 Å². The molecule has 0 spiro atoms. The van der Waals surface area contributed by atoms with Gasteiger partial charge in [0.05, 0.1) is 19.8 Å². The number of nitrogens with one attached hydrogen (secondary N) is 1. The minimum absolute atomic E-state index is 0.0703. The summed E-state index contributed by atoms with van der Waals surface area (Å²) < 4.78 is 0. The zero-order chi connectivity index (χ0) is 11.3. The maximum absolute atomic E-state index is 11.7. The first-order chi connectivity index (χ1) is 7.17. The fraction of sp³-hybridized carbons (Fsp3) is 0.889. The van der Waals surface area contributed by atoms with Crippen LogP contribution in [0.15, 0.2) is 0 Å². The molecule has 0 aromatic heterocycles. The molecule has 1 amide bonds. The van der Waals surface area contributed by atoms with Crippen LogP contribution in [0, 0.1) is 5.92 Å². The fourth-order valence-electron chi connectivity index (χ4n) is 1.37. The Morgan fingerprint density at radius 2 is 1.93 bits per heavy atom. The molecule has 0 radical (unpaired) electrons. The smallest absolute Gasteiger partial charge is 0.224 e. The normalized spacial score (nSPS) is 21.7. The second-order valence-corrected chi connectivity index (χ2v) is 4.95. The molecule has 5 nitrogen and oxygen atoms in total. The second kappa shape index (κ2) is 5.69. The highest BCUT2D eigenvalue weighted by atomic mass is 32.2. The zero-order valence-corrected chi connectivity index (χ0v) is 9.29. The highest BCUT2D eigenvalue weighted by molar-refractivity contribution is 7.99. The van der Waals surface area contributed by atoms with Crippen LogP contribution in [0.1, 0.15) is 6.42 Å². The van der Waals surface area contributed by atoms with Gasteiger partial charge in [-0.15, -0.1) is 0 Å². The van der Waals surface area contributed by atoms with Gasteiger partial charge >= 0.3 is 0 Å². The van der Waals surface area contributed by atoms with Crippen molar-refractivity contribution < 1.29 is 20.1 Å². The first-order valence-electron chi connectivity index (χ1n) is 4.90. The number of hydrogen-bond donors (Lipinski definition) is 4. The summed E-state index contributed by atoms with van der Waals surface area (Å²) in [5, 5.41) is 29.6. The Bertz CT molecular complexity index is 206. The fourth-order valence-corrected chi connectivity index (χ4v) is 2.59. The lowest BCUT2D eigenvalue weighted by atomic mass is 10.0. The van der Waals surface area contributed by atoms with Crippen molar-refractivity contribution in [3.63, 3.8) is 0 Å². The Kier molecular flexibility index (Phi) is 4.85. The molecule has 1 atom stereocenters. The number of thioether (sulfide) groups is 1. The average Bonchev–Trinajstić information content (AvgIpc) is 2.79. The third kappa shape index (κ3) is 3.07. The van der Waals surface area contributed by atoms with E-state index in [0.717, 1.165) is 17.9 Å². The van der Waals surface area contributed by atoms with Gasteiger partial charge in [0.25, 0.3) is 0 Å². The zero-order valence-electron chi connectivity index (χ0n) is 8.48. The molecule has 1 saturated heterocycles. The number of amides is 1. The quantitative estimate of drug-likeness (QED) is 0.469. The summed E-state index contributed by atoms with van der Waals surface area (Å²) in [4.78, 5) is 11.7. The number of rotatable bonds is 5. The maximum atomic E-state index is 11.7. The highest BCUT2D eigenvalue weighted by Crippen LogP contribution is 2.23. The van der Waals surface area contributed by atoms with Gasteiger partial charge in [-0.2, -0.15) is 11.8 Å². The van der Waals surface area contributed by atoms with E-state index in [4.69, 9.17) is 15.3 Å². The molecular weight excluding hydrogens is 218 g/mol. The van der Waals surface area contributed by atoms with E-state index in [9.17, 15) is 4.79 Å². The monoisotopic (exact) mass is 235 g/mol. The topological polar surface area (TPSA) is 89.8 Å². The Morgan fingerprint density at radius 1 is 1.33 bits per heavy atom. The Hall–Kier alpha value is -0.300. The molecule has 88 valence electrons. The van der Waals surface area contributed by atoms with E-state index < -0.39 is 25.4 Å². The largest absolute Gasteiger partial charge is 0.394 e. The number of carbonyl (C=O) groups is 1. The molecule has 1 heterocycles. The lowest BCUT2D eigenvalue weighted by Crippen LogP contribution is -2.58. The molecule has 1 aliphatic rings. The summed E-state index contributed by atoms with van der Waals surface area (Å²) in [7, 11) is 0. The van der Waals surface area contributed by atoms with Crippen LogP contribution in [0.5, 0.6) is 0 Å². The molecule has 1 aliphatic heterocycles. The van der Waals surface area contributed by atoms with Crippen molar-refractivity contribution in [2.75, 3.05) is 31.3 Å². The van der Waals surface area contributed by atoms with Gasteiger partial charge in [-0.25, -0.2) is 0 Å². The molecule has 0 bridgehead atoms. The SMILES string of the molecule is O=C(NC(CO)(CO)CO)C1CCSC1. The highest BCUT2D eigenvalue weighted by Gasteiger charge is 2.33. The van der Waals surface area contributed by atoms with Crippen LogP contribution in [0.3, 0.4) is 0 Å². The van der Waals surface area contributed by atoms with Gasteiger partial charge in [-0.3, -0.25) is 4.79 Å². The molecular formula is C9H17NO4S. The van der Waals surface area contributed by atoms with Crippen LogP contribution in [-0.4, -0.2) is 58.1 Å². The minimum Gasteiger partial charge on any atom is -0.394 e. The average molecular weight is 235 g/mol. The van der Waals surface area contributed by atoms with Crippen molar-refractivity contribution in [2.24, 2.45) is 5.92 Å². The predicted octanol–water partition coefficient (Wildman–Crippen LogP) is -1.43. The van der Waals surface area contributed by atoms with Crippen molar-refractivity contribution in [1.82, 2.24) is 5.32 Å². The number of aliphatic hydroxyl groups is 3. The van der Waals surface area contributed by atoms with E-state index in [1.54, 1.807) is 11.8 Å². The first kappa shape index (κ1) is 12.8. The summed E-state index contributed by atoms with van der Waals surface area (Å²) >= 11 is 1.71. The van der Waals surface area contributed by atoms with Gasteiger partial charge < -0.3 is 20.6 Å². The van der Waals surface area contributed by atoms with Gasteiger partial charge in [-0.05, 0) is 12.2 Å². The van der Waals surface area contributed by atoms with E-state index in [0.29, 0.717) is 0 Å². The van der Waals surface area contributed by atoms with Gasteiger partial charge in [0.15, 0.2) is 0 Å². The summed E-state index contributed by atoms with van der Waals surface area (Å²) in [5.74, 6) is 1.46. The second-order valence-electron chi connectivity index (χ2n) is 3.80. The van der Waals surface area contributed by atoms with Gasteiger partial charge in [-0.1, -0.05) is 0 Å². The summed E-state index contributed by atoms with van der Waals surface area (Å²) in [5.41, 5.74) is -1.29. The third-order valence-corrected chi connectivity index (χ3v) is 3.76. The van der Waals surface area contributed by atoms with E-state index in [-0.39, 0.29) is 11.8 Å². The van der Waals surface area contributed by atoms with E-state index in [1.807, 2.05) is 0 Å². The molecule has 1 rings (SSSR count). The van der Waals surface area contributed by atoms with Crippen molar-refractivity contribution in [3.8, 4) is 0 Å². The summed E-state index contributed by atoms with van der Waals surface area (Å²) in [6.45, 7) is -1.40. The standard InChI is InChI=1S/C9H17NO4S/c11-4-9(5-12,6-13)10-8(14)7-1-2-15-3-7/h7,11-13H,1-6H2,(H,10,14). The predicted molar refractivity (Wildman–Crippen MR) is 57.6 cm³/mol. The van der Waals surface area contributed by atoms with Crippen LogP contribution < -0.4 is 5.32 Å². The minimum atomic E-state index is -1.29. The van der Waals surface area contributed by atoms with Crippen LogP contribution in [0.25, 0.3) is 0 Å². The molecule has 15 heavy (non-hydrogen) atoms. The van der Waals surface area contributed by atoms with E-state index in [2.05, 4.69) is 5.32 Å². The lowest BCUT2D eigenvalue weighted by molar-refractivity contribution is -0.128. The Balaban J connectivity index is 2.53. The van der Waals surface area contributed by atoms with Crippen LogP contribution in [0.4, 0.5) is 0 Å². The number of aliphatic hydroxyl groups excluding tert-OH is 3. The first-order valence-corrected chi connectivity index (χ1v) is 6.05. The molecule has 1 unspecified atom stereocenters. The van der Waals surface area contributed by atoms with E-state index in [1.165, 1.54) is 0 Å². The van der Waals surface area contributed by atoms with E-state index >= 15 is 0 Å². The molecule has 1 fully saturated rings. The Labute approximate surface area is 92.9 Å². The van der Waals surface area contributed by atoms with Gasteiger partial charge in [0, 0.05) is 11.7 Å². The molecule has 4 N–H and O–H groups in total. The molecule has 0 aliphatic carbocycles. The summed E-state index contributed by atoms with van der Waals surface area (Å²) in [6.07, 6.45) is 0.814. The van der Waals surface area contributed by atoms with Crippen molar-refractivity contribution in [1.29, 1.82) is 0 Å². The maximum Gasteiger partial charge on any atom is 0.224 e. The molecule has 6 heteroatoms. The molecule has 0 aromatic rings. The van der Waals surface area contributed by atoms with Crippen LogP contribution >= 0.6 is 11.8 Å². The Morgan fingerprint density at radius 3 is 2.33 bits per heavy atom. The van der Waals surface area contributed by atoms with Crippen molar-refractivity contribution in [2.45, 2.75) is 12.0 Å². The lowest BCUT2D eigenvalue weighted by Gasteiger charge is -2.29. The van der Waals surface area contributed by atoms with Gasteiger partial charge in [0.1, 0.15) is 5.54 Å². The molecule has 0 saturated carbocycles. The number of carbonyl (C=O) groups excluding carboxylic acids is 1. The van der Waals surface area contributed by atoms with Crippen LogP contribution in [-0.2, 0) is 4.79 Å². The van der Waals surface area contributed by atoms with Gasteiger partial charge in [0.2, 0.25) is 5.91 Å². The van der Waals surface area contributed by atoms with Crippen LogP contribution in [0.2, 0.25) is 0 Å².